The summed E-state index contributed by atoms with van der Waals surface area (Å²) in [4.78, 5) is 24.2. The van der Waals surface area contributed by atoms with Crippen LogP contribution in [0.2, 0.25) is 0 Å². The fourth-order valence-corrected chi connectivity index (χ4v) is 2.36. The molecule has 7 nitrogen and oxygen atoms in total. The maximum absolute atomic E-state index is 12.7. The number of methoxy groups -OCH3 is 1. The zero-order valence-electron chi connectivity index (χ0n) is 16.4. The van der Waals surface area contributed by atoms with E-state index in [1.54, 1.807) is 18.2 Å². The Morgan fingerprint density at radius 1 is 1.07 bits per heavy atom. The monoisotopic (exact) mass is 374 g/mol. The second-order valence-electron chi connectivity index (χ2n) is 6.93. The van der Waals surface area contributed by atoms with Gasteiger partial charge in [-0.25, -0.2) is 4.79 Å². The van der Waals surface area contributed by atoms with Gasteiger partial charge in [-0.1, -0.05) is 13.8 Å². The van der Waals surface area contributed by atoms with E-state index in [-0.39, 0.29) is 24.0 Å². The van der Waals surface area contributed by atoms with Gasteiger partial charge < -0.3 is 14.2 Å². The SMILES string of the molecule is COC(=O)c1cc(CC(=O)c2cc(OCC(C)C)cc(OC(C)C)c2)[nH]n1. The average Bonchev–Trinajstić information content (AvgIpc) is 3.07. The van der Waals surface area contributed by atoms with Crippen LogP contribution in [0.5, 0.6) is 11.5 Å². The van der Waals surface area contributed by atoms with Crippen LogP contribution in [0.3, 0.4) is 0 Å². The van der Waals surface area contributed by atoms with E-state index in [2.05, 4.69) is 28.8 Å². The van der Waals surface area contributed by atoms with Gasteiger partial charge in [0, 0.05) is 17.3 Å². The summed E-state index contributed by atoms with van der Waals surface area (Å²) < 4.78 is 16.1. The van der Waals surface area contributed by atoms with Crippen LogP contribution in [0.1, 0.15) is 54.2 Å². The van der Waals surface area contributed by atoms with Crippen molar-refractivity contribution in [1.29, 1.82) is 0 Å². The van der Waals surface area contributed by atoms with Crippen molar-refractivity contribution < 1.29 is 23.8 Å². The first-order chi connectivity index (χ1) is 12.8. The number of hydrogen-bond donors (Lipinski definition) is 1. The summed E-state index contributed by atoms with van der Waals surface area (Å²) in [7, 11) is 1.28. The lowest BCUT2D eigenvalue weighted by Gasteiger charge is -2.14. The van der Waals surface area contributed by atoms with Gasteiger partial charge in [0.25, 0.3) is 0 Å². The number of nitrogens with zero attached hydrogens (tertiary/aromatic N) is 1. The molecule has 0 amide bonds. The third-order valence-corrected chi connectivity index (χ3v) is 3.53. The number of nitrogens with one attached hydrogen (secondary N) is 1. The Kier molecular flexibility index (Phi) is 6.98. The predicted octanol–water partition coefficient (Wildman–Crippen LogP) is 3.44. The van der Waals surface area contributed by atoms with Gasteiger partial charge in [-0.05, 0) is 38.0 Å². The number of benzene rings is 1. The van der Waals surface area contributed by atoms with E-state index in [1.807, 2.05) is 13.8 Å². The summed E-state index contributed by atoms with van der Waals surface area (Å²) in [5, 5.41) is 6.54. The van der Waals surface area contributed by atoms with Gasteiger partial charge in [0.05, 0.1) is 26.2 Å². The van der Waals surface area contributed by atoms with Crippen molar-refractivity contribution in [3.63, 3.8) is 0 Å². The Balaban J connectivity index is 2.20. The number of carbonyl (C=O) groups is 2. The number of esters is 1. The quantitative estimate of drug-likeness (QED) is 0.534. The van der Waals surface area contributed by atoms with Gasteiger partial charge in [-0.2, -0.15) is 5.10 Å². The highest BCUT2D eigenvalue weighted by Gasteiger charge is 2.16. The lowest BCUT2D eigenvalue weighted by Crippen LogP contribution is -2.10. The molecule has 1 aromatic carbocycles. The van der Waals surface area contributed by atoms with Crippen LogP contribution in [-0.4, -0.2) is 41.8 Å². The molecular formula is C20H26N2O5. The van der Waals surface area contributed by atoms with Gasteiger partial charge in [-0.15, -0.1) is 0 Å². The van der Waals surface area contributed by atoms with Crippen molar-refractivity contribution in [2.75, 3.05) is 13.7 Å². The number of Topliss-reactive ketones (excluding diaryl/α,β-unsaturated/α-hetero) is 1. The van der Waals surface area contributed by atoms with Gasteiger partial charge in [0.15, 0.2) is 11.5 Å². The lowest BCUT2D eigenvalue weighted by molar-refractivity contribution is 0.0593. The van der Waals surface area contributed by atoms with Crippen molar-refractivity contribution in [3.05, 3.63) is 41.2 Å². The maximum atomic E-state index is 12.7. The minimum absolute atomic E-state index is 0.0245. The smallest absolute Gasteiger partial charge is 0.358 e. The van der Waals surface area contributed by atoms with Crippen LogP contribution >= 0.6 is 0 Å². The number of ketones is 1. The molecule has 0 aliphatic rings. The maximum Gasteiger partial charge on any atom is 0.358 e. The standard InChI is InChI=1S/C20H26N2O5/c1-12(2)11-26-16-6-14(7-17(10-16)27-13(3)4)19(23)9-15-8-18(22-21-15)20(24)25-5/h6-8,10,12-13H,9,11H2,1-5H3,(H,21,22). The minimum atomic E-state index is -0.554. The van der Waals surface area contributed by atoms with Crippen molar-refractivity contribution in [1.82, 2.24) is 10.2 Å². The second-order valence-corrected chi connectivity index (χ2v) is 6.93. The van der Waals surface area contributed by atoms with Crippen LogP contribution in [0.15, 0.2) is 24.3 Å². The van der Waals surface area contributed by atoms with Crippen LogP contribution in [0.25, 0.3) is 0 Å². The molecule has 0 unspecified atom stereocenters. The van der Waals surface area contributed by atoms with Crippen LogP contribution in [0, 0.1) is 5.92 Å². The summed E-state index contributed by atoms with van der Waals surface area (Å²) in [5.41, 5.74) is 1.14. The third-order valence-electron chi connectivity index (χ3n) is 3.53. The molecule has 0 bridgehead atoms. The summed E-state index contributed by atoms with van der Waals surface area (Å²) in [6.45, 7) is 8.49. The number of ether oxygens (including phenoxy) is 3. The zero-order valence-corrected chi connectivity index (χ0v) is 16.4. The van der Waals surface area contributed by atoms with Gasteiger partial charge in [-0.3, -0.25) is 9.89 Å². The molecule has 2 aromatic rings. The summed E-state index contributed by atoms with van der Waals surface area (Å²) >= 11 is 0. The third kappa shape index (κ3) is 6.13. The predicted molar refractivity (Wildman–Crippen MR) is 101 cm³/mol. The van der Waals surface area contributed by atoms with E-state index in [0.717, 1.165) is 0 Å². The first-order valence-corrected chi connectivity index (χ1v) is 8.88. The van der Waals surface area contributed by atoms with Crippen LogP contribution < -0.4 is 9.47 Å². The van der Waals surface area contributed by atoms with Crippen LogP contribution in [-0.2, 0) is 11.2 Å². The van der Waals surface area contributed by atoms with E-state index in [0.29, 0.717) is 35.3 Å². The first kappa shape index (κ1) is 20.5. The Morgan fingerprint density at radius 2 is 1.78 bits per heavy atom. The van der Waals surface area contributed by atoms with Gasteiger partial charge in [0.1, 0.15) is 11.5 Å². The molecule has 0 saturated carbocycles. The van der Waals surface area contributed by atoms with Crippen molar-refractivity contribution in [2.24, 2.45) is 5.92 Å². The molecule has 1 aromatic heterocycles. The summed E-state index contributed by atoms with van der Waals surface area (Å²) in [5.74, 6) is 0.834. The molecule has 7 heteroatoms. The normalized spacial score (nSPS) is 10.9. The summed E-state index contributed by atoms with van der Waals surface area (Å²) in [6.07, 6.45) is 0.0437. The van der Waals surface area contributed by atoms with E-state index >= 15 is 0 Å². The first-order valence-electron chi connectivity index (χ1n) is 8.88. The number of hydrogen-bond acceptors (Lipinski definition) is 6. The zero-order chi connectivity index (χ0) is 20.0. The number of aromatic amines is 1. The van der Waals surface area contributed by atoms with Crippen LogP contribution in [0.4, 0.5) is 0 Å². The molecule has 146 valence electrons. The van der Waals surface area contributed by atoms with E-state index in [1.165, 1.54) is 13.2 Å². The molecule has 0 spiro atoms. The minimum Gasteiger partial charge on any atom is -0.493 e. The Labute approximate surface area is 159 Å². The molecule has 2 rings (SSSR count). The molecule has 27 heavy (non-hydrogen) atoms. The molecule has 0 aliphatic heterocycles. The Morgan fingerprint density at radius 3 is 2.41 bits per heavy atom. The Hall–Kier alpha value is -2.83. The number of rotatable bonds is 9. The highest BCUT2D eigenvalue weighted by Crippen LogP contribution is 2.25. The fourth-order valence-electron chi connectivity index (χ4n) is 2.36. The lowest BCUT2D eigenvalue weighted by atomic mass is 10.1. The van der Waals surface area contributed by atoms with E-state index in [9.17, 15) is 9.59 Å². The number of H-pyrrole nitrogens is 1. The molecule has 0 radical (unpaired) electrons. The topological polar surface area (TPSA) is 90.5 Å². The molecule has 1 heterocycles. The fraction of sp³-hybridized carbons (Fsp3) is 0.450. The van der Waals surface area contributed by atoms with Crippen molar-refractivity contribution >= 4 is 11.8 Å². The molecule has 1 N–H and O–H groups in total. The highest BCUT2D eigenvalue weighted by atomic mass is 16.5. The number of carbonyl (C=O) groups excluding carboxylic acids is 2. The molecule has 0 fully saturated rings. The van der Waals surface area contributed by atoms with E-state index in [4.69, 9.17) is 9.47 Å². The average molecular weight is 374 g/mol. The largest absolute Gasteiger partial charge is 0.493 e. The molecule has 0 atom stereocenters. The Bertz CT molecular complexity index is 795. The summed E-state index contributed by atoms with van der Waals surface area (Å²) in [6, 6.07) is 6.69. The van der Waals surface area contributed by atoms with Gasteiger partial charge in [0.2, 0.25) is 0 Å². The number of aromatic nitrogens is 2. The second kappa shape index (κ2) is 9.21. The molecule has 0 saturated heterocycles. The van der Waals surface area contributed by atoms with E-state index < -0.39 is 5.97 Å². The van der Waals surface area contributed by atoms with Crippen molar-refractivity contribution in [3.8, 4) is 11.5 Å². The molecular weight excluding hydrogens is 348 g/mol. The van der Waals surface area contributed by atoms with Gasteiger partial charge >= 0.3 is 5.97 Å². The highest BCUT2D eigenvalue weighted by molar-refractivity contribution is 5.98. The van der Waals surface area contributed by atoms with Crippen molar-refractivity contribution in [2.45, 2.75) is 40.2 Å². The molecule has 0 aliphatic carbocycles.